The molecule has 0 heterocycles. The maximum Gasteiger partial charge on any atom is 0.0593 e. The molecular formula is C18H19BP. The molecule has 99 valence electrons. The van der Waals surface area contributed by atoms with Gasteiger partial charge in [-0.15, -0.1) is 7.14 Å². The minimum absolute atomic E-state index is 0.926. The van der Waals surface area contributed by atoms with Gasteiger partial charge in [0.1, 0.15) is 0 Å². The first-order valence-corrected chi connectivity index (χ1v) is 8.92. The summed E-state index contributed by atoms with van der Waals surface area (Å²) >= 11 is 0. The summed E-state index contributed by atoms with van der Waals surface area (Å²) in [5.74, 6) is 3.30. The molecule has 0 fully saturated rings. The van der Waals surface area contributed by atoms with Crippen LogP contribution in [-0.2, 0) is 0 Å². The van der Waals surface area contributed by atoms with Crippen LogP contribution in [0.5, 0.6) is 0 Å². The Bertz CT molecular complexity index is 542. The van der Waals surface area contributed by atoms with Crippen LogP contribution in [0, 0.1) is 11.6 Å². The van der Waals surface area contributed by atoms with Crippen molar-refractivity contribution in [2.24, 2.45) is 0 Å². The highest BCUT2D eigenvalue weighted by Gasteiger charge is 2.22. The monoisotopic (exact) mass is 277 g/mol. The van der Waals surface area contributed by atoms with E-state index in [1.54, 1.807) is 0 Å². The molecule has 0 N–H and O–H groups in total. The second-order valence-corrected chi connectivity index (χ2v) is 7.49. The van der Waals surface area contributed by atoms with E-state index in [1.165, 1.54) is 6.42 Å². The fourth-order valence-corrected chi connectivity index (χ4v) is 4.25. The highest BCUT2D eigenvalue weighted by Crippen LogP contribution is 2.50. The minimum atomic E-state index is -2.08. The average Bonchev–Trinajstić information content (AvgIpc) is 2.53. The Morgan fingerprint density at radius 2 is 1.40 bits per heavy atom. The van der Waals surface area contributed by atoms with Gasteiger partial charge in [-0.1, -0.05) is 55.7 Å². The molecule has 0 aromatic heterocycles. The standard InChI is InChI=1S/C18H19BP/c1-2-3-4-11-16-20(19,17-12-7-5-8-13-17)18-14-9-6-10-15-18/h5-10,12-15H,2-4H2,1H3. The molecule has 0 aliphatic carbocycles. The summed E-state index contributed by atoms with van der Waals surface area (Å²) in [6, 6.07) is 20.5. The Kier molecular flexibility index (Phi) is 5.45. The Balaban J connectivity index is 2.40. The number of hydrogen-bond acceptors (Lipinski definition) is 0. The van der Waals surface area contributed by atoms with Crippen molar-refractivity contribution in [1.29, 1.82) is 0 Å². The van der Waals surface area contributed by atoms with Gasteiger partial charge < -0.3 is 0 Å². The molecule has 0 saturated heterocycles. The SMILES string of the molecule is [B-][P+](C#CCCCC)(c1ccccc1)c1ccccc1. The maximum absolute atomic E-state index is 6.76. The molecule has 0 aliphatic rings. The molecule has 0 saturated carbocycles. The maximum atomic E-state index is 6.76. The van der Waals surface area contributed by atoms with Crippen molar-refractivity contribution in [1.82, 2.24) is 0 Å². The predicted octanol–water partition coefficient (Wildman–Crippen LogP) is 3.89. The van der Waals surface area contributed by atoms with Crippen LogP contribution in [0.25, 0.3) is 0 Å². The van der Waals surface area contributed by atoms with E-state index in [-0.39, 0.29) is 0 Å². The van der Waals surface area contributed by atoms with Gasteiger partial charge in [0, 0.05) is 12.1 Å². The second-order valence-electron chi connectivity index (χ2n) is 4.79. The van der Waals surface area contributed by atoms with Crippen LogP contribution in [0.3, 0.4) is 0 Å². The Morgan fingerprint density at radius 3 is 1.85 bits per heavy atom. The van der Waals surface area contributed by atoms with E-state index >= 15 is 0 Å². The lowest BCUT2D eigenvalue weighted by Crippen LogP contribution is -2.20. The molecule has 0 nitrogen and oxygen atoms in total. The molecular weight excluding hydrogens is 258 g/mol. The van der Waals surface area contributed by atoms with E-state index in [2.05, 4.69) is 42.8 Å². The zero-order chi connectivity index (χ0) is 14.3. The van der Waals surface area contributed by atoms with Gasteiger partial charge >= 0.3 is 0 Å². The van der Waals surface area contributed by atoms with Crippen LogP contribution in [0.4, 0.5) is 0 Å². The van der Waals surface area contributed by atoms with E-state index in [4.69, 9.17) is 7.57 Å². The van der Waals surface area contributed by atoms with Crippen LogP contribution in [0.1, 0.15) is 26.2 Å². The van der Waals surface area contributed by atoms with Crippen LogP contribution in [-0.4, -0.2) is 7.57 Å². The quantitative estimate of drug-likeness (QED) is 0.344. The first-order valence-electron chi connectivity index (χ1n) is 7.06. The molecule has 0 aliphatic heterocycles. The lowest BCUT2D eigenvalue weighted by atomic mass is 10.3. The molecule has 0 bridgehead atoms. The largest absolute Gasteiger partial charge is 0.273 e. The third-order valence-electron chi connectivity index (χ3n) is 3.24. The summed E-state index contributed by atoms with van der Waals surface area (Å²) in [7, 11) is 4.69. The third kappa shape index (κ3) is 3.53. The fraction of sp³-hybridized carbons (Fsp3) is 0.222. The molecule has 20 heavy (non-hydrogen) atoms. The Labute approximate surface area is 124 Å². The van der Waals surface area contributed by atoms with Crippen molar-refractivity contribution in [3.63, 3.8) is 0 Å². The molecule has 2 rings (SSSR count). The van der Waals surface area contributed by atoms with Crippen LogP contribution < -0.4 is 10.6 Å². The minimum Gasteiger partial charge on any atom is -0.273 e. The van der Waals surface area contributed by atoms with E-state index in [0.717, 1.165) is 23.5 Å². The van der Waals surface area contributed by atoms with Gasteiger partial charge in [-0.05, 0) is 30.7 Å². The van der Waals surface area contributed by atoms with Gasteiger partial charge in [-0.25, -0.2) is 0 Å². The van der Waals surface area contributed by atoms with Crippen molar-refractivity contribution < 1.29 is 0 Å². The van der Waals surface area contributed by atoms with Crippen LogP contribution in [0.2, 0.25) is 0 Å². The first kappa shape index (κ1) is 14.9. The zero-order valence-corrected chi connectivity index (χ0v) is 12.8. The number of hydrogen-bond donors (Lipinski definition) is 0. The van der Waals surface area contributed by atoms with Crippen LogP contribution >= 0.6 is 7.14 Å². The summed E-state index contributed by atoms with van der Waals surface area (Å²) in [5.41, 5.74) is 3.40. The summed E-state index contributed by atoms with van der Waals surface area (Å²) in [5, 5.41) is 2.30. The van der Waals surface area contributed by atoms with Crippen molar-refractivity contribution in [2.45, 2.75) is 26.2 Å². The lowest BCUT2D eigenvalue weighted by Gasteiger charge is -2.29. The number of rotatable bonds is 4. The summed E-state index contributed by atoms with van der Waals surface area (Å²) in [6.45, 7) is 2.18. The average molecular weight is 277 g/mol. The molecule has 0 spiro atoms. The first-order chi connectivity index (χ1) is 9.77. The Hall–Kier alpha value is -1.51. The van der Waals surface area contributed by atoms with Gasteiger partial charge in [0.15, 0.2) is 0 Å². The number of benzene rings is 2. The highest BCUT2D eigenvalue weighted by atomic mass is 31.2. The van der Waals surface area contributed by atoms with E-state index in [0.29, 0.717) is 0 Å². The van der Waals surface area contributed by atoms with Gasteiger partial charge in [-0.2, -0.15) is 0 Å². The van der Waals surface area contributed by atoms with Crippen LogP contribution in [0.15, 0.2) is 60.7 Å². The highest BCUT2D eigenvalue weighted by molar-refractivity contribution is 8.12. The molecule has 0 amide bonds. The number of unbranched alkanes of at least 4 members (excludes halogenated alkanes) is 2. The summed E-state index contributed by atoms with van der Waals surface area (Å²) in [4.78, 5) is 0. The Morgan fingerprint density at radius 1 is 0.900 bits per heavy atom. The molecule has 2 aromatic rings. The fourth-order valence-electron chi connectivity index (χ4n) is 2.05. The topological polar surface area (TPSA) is 0 Å². The molecule has 3 radical (unpaired) electrons. The third-order valence-corrected chi connectivity index (χ3v) is 5.97. The van der Waals surface area contributed by atoms with Crippen molar-refractivity contribution in [3.05, 3.63) is 60.7 Å². The van der Waals surface area contributed by atoms with E-state index < -0.39 is 7.14 Å². The van der Waals surface area contributed by atoms with Crippen molar-refractivity contribution in [3.8, 4) is 11.6 Å². The molecule has 0 unspecified atom stereocenters. The van der Waals surface area contributed by atoms with Gasteiger partial charge in [0.2, 0.25) is 0 Å². The smallest absolute Gasteiger partial charge is 0.0593 e. The molecule has 2 aromatic carbocycles. The predicted molar refractivity (Wildman–Crippen MR) is 92.1 cm³/mol. The van der Waals surface area contributed by atoms with Gasteiger partial charge in [0.25, 0.3) is 0 Å². The summed E-state index contributed by atoms with van der Waals surface area (Å²) < 4.78 is 0. The van der Waals surface area contributed by atoms with E-state index in [1.807, 2.05) is 36.4 Å². The second kappa shape index (κ2) is 7.32. The van der Waals surface area contributed by atoms with Crippen molar-refractivity contribution in [2.75, 3.05) is 0 Å². The zero-order valence-electron chi connectivity index (χ0n) is 11.9. The van der Waals surface area contributed by atoms with Crippen molar-refractivity contribution >= 4 is 25.3 Å². The van der Waals surface area contributed by atoms with Gasteiger partial charge in [0.05, 0.1) is 10.6 Å². The van der Waals surface area contributed by atoms with E-state index in [9.17, 15) is 0 Å². The van der Waals surface area contributed by atoms with Gasteiger partial charge in [-0.3, -0.25) is 7.57 Å². The lowest BCUT2D eigenvalue weighted by molar-refractivity contribution is 0.828. The molecule has 2 heteroatoms. The summed E-state index contributed by atoms with van der Waals surface area (Å²) in [6.07, 6.45) is 3.23. The molecule has 0 atom stereocenters. The normalized spacial score (nSPS) is 10.7.